The van der Waals surface area contributed by atoms with Crippen LogP contribution in [0, 0.1) is 11.3 Å². The van der Waals surface area contributed by atoms with Crippen LogP contribution in [0.1, 0.15) is 50.7 Å². The largest absolute Gasteiger partial charge is 0.481 e. The SMILES string of the molecule is CC(C)(C)OC(=O)N1c2cc(C#N)ccc2C(C(=O)O)C1[C@H]1CCCN1c1ccccc1. The molecule has 7 nitrogen and oxygen atoms in total. The van der Waals surface area contributed by atoms with Crippen molar-refractivity contribution >= 4 is 23.4 Å². The number of para-hydroxylation sites is 1. The first-order valence-electron chi connectivity index (χ1n) is 10.8. The molecule has 2 aliphatic rings. The van der Waals surface area contributed by atoms with E-state index in [9.17, 15) is 20.0 Å². The predicted molar refractivity (Wildman–Crippen MR) is 121 cm³/mol. The van der Waals surface area contributed by atoms with E-state index >= 15 is 0 Å². The molecular weight excluding hydrogens is 406 g/mol. The Hall–Kier alpha value is -3.53. The Morgan fingerprint density at radius 3 is 2.50 bits per heavy atom. The number of fused-ring (bicyclic) bond motifs is 1. The first-order chi connectivity index (χ1) is 15.2. The average molecular weight is 434 g/mol. The topological polar surface area (TPSA) is 93.9 Å². The number of aliphatic carboxylic acids is 1. The van der Waals surface area contributed by atoms with E-state index in [0.29, 0.717) is 16.8 Å². The van der Waals surface area contributed by atoms with Gasteiger partial charge >= 0.3 is 12.1 Å². The molecule has 0 spiro atoms. The molecule has 166 valence electrons. The summed E-state index contributed by atoms with van der Waals surface area (Å²) in [7, 11) is 0. The zero-order valence-electron chi connectivity index (χ0n) is 18.5. The van der Waals surface area contributed by atoms with Crippen molar-refractivity contribution in [3.63, 3.8) is 0 Å². The molecule has 32 heavy (non-hydrogen) atoms. The molecule has 7 heteroatoms. The van der Waals surface area contributed by atoms with Gasteiger partial charge in [-0.15, -0.1) is 0 Å². The summed E-state index contributed by atoms with van der Waals surface area (Å²) in [6, 6.07) is 15.9. The van der Waals surface area contributed by atoms with Gasteiger partial charge in [0.15, 0.2) is 0 Å². The summed E-state index contributed by atoms with van der Waals surface area (Å²) in [5.74, 6) is -1.91. The lowest BCUT2D eigenvalue weighted by atomic mass is 9.88. The van der Waals surface area contributed by atoms with Crippen molar-refractivity contribution in [2.24, 2.45) is 0 Å². The highest BCUT2D eigenvalue weighted by Gasteiger charge is 2.52. The van der Waals surface area contributed by atoms with Crippen molar-refractivity contribution in [2.75, 3.05) is 16.3 Å². The lowest BCUT2D eigenvalue weighted by Crippen LogP contribution is -2.54. The third-order valence-corrected chi connectivity index (χ3v) is 6.03. The van der Waals surface area contributed by atoms with Crippen LogP contribution in [-0.2, 0) is 9.53 Å². The fourth-order valence-corrected chi connectivity index (χ4v) is 4.87. The second-order valence-corrected chi connectivity index (χ2v) is 9.28. The van der Waals surface area contributed by atoms with Crippen LogP contribution < -0.4 is 9.80 Å². The van der Waals surface area contributed by atoms with Gasteiger partial charge in [-0.2, -0.15) is 5.26 Å². The summed E-state index contributed by atoms with van der Waals surface area (Å²) in [5.41, 5.74) is 1.60. The number of carboxylic acid groups (broad SMARTS) is 1. The zero-order valence-corrected chi connectivity index (χ0v) is 18.5. The van der Waals surface area contributed by atoms with E-state index in [0.717, 1.165) is 25.1 Å². The van der Waals surface area contributed by atoms with Gasteiger partial charge in [-0.3, -0.25) is 9.69 Å². The molecule has 2 aromatic rings. The minimum Gasteiger partial charge on any atom is -0.481 e. The standard InChI is InChI=1S/C25H27N3O4/c1-25(2,3)32-24(31)28-20-14-16(15-26)11-12-18(20)21(23(29)30)22(28)19-10-7-13-27(19)17-8-5-4-6-9-17/h4-6,8-9,11-12,14,19,21-22H,7,10,13H2,1-3H3,(H,29,30)/t19-,21?,22?/m1/s1. The maximum Gasteiger partial charge on any atom is 0.415 e. The number of hydrogen-bond acceptors (Lipinski definition) is 5. The maximum absolute atomic E-state index is 13.4. The van der Waals surface area contributed by atoms with Crippen LogP contribution in [0.25, 0.3) is 0 Å². The molecule has 0 aromatic heterocycles. The summed E-state index contributed by atoms with van der Waals surface area (Å²) in [5, 5.41) is 19.7. The van der Waals surface area contributed by atoms with Crippen molar-refractivity contribution in [1.82, 2.24) is 0 Å². The van der Waals surface area contributed by atoms with Crippen molar-refractivity contribution < 1.29 is 19.4 Å². The highest BCUT2D eigenvalue weighted by molar-refractivity contribution is 5.97. The second kappa shape index (κ2) is 8.19. The van der Waals surface area contributed by atoms with Gasteiger partial charge in [-0.05, 0) is 63.4 Å². The molecule has 1 saturated heterocycles. The third-order valence-electron chi connectivity index (χ3n) is 6.03. The number of rotatable bonds is 3. The maximum atomic E-state index is 13.4. The van der Waals surface area contributed by atoms with E-state index in [1.165, 1.54) is 4.90 Å². The molecule has 2 aromatic carbocycles. The van der Waals surface area contributed by atoms with Crippen LogP contribution in [0.2, 0.25) is 0 Å². The quantitative estimate of drug-likeness (QED) is 0.765. The predicted octanol–water partition coefficient (Wildman–Crippen LogP) is 4.52. The van der Waals surface area contributed by atoms with E-state index in [4.69, 9.17) is 4.74 Å². The third kappa shape index (κ3) is 3.89. The molecule has 2 aliphatic heterocycles. The average Bonchev–Trinajstić information content (AvgIpc) is 3.34. The van der Waals surface area contributed by atoms with Gasteiger partial charge in [-0.25, -0.2) is 4.79 Å². The van der Waals surface area contributed by atoms with Crippen LogP contribution in [0.3, 0.4) is 0 Å². The molecule has 0 saturated carbocycles. The second-order valence-electron chi connectivity index (χ2n) is 9.28. The van der Waals surface area contributed by atoms with Gasteiger partial charge in [0.05, 0.1) is 29.4 Å². The Balaban J connectivity index is 1.84. The minimum atomic E-state index is -0.994. The monoisotopic (exact) mass is 433 g/mol. The Labute approximate surface area is 187 Å². The van der Waals surface area contributed by atoms with Gasteiger partial charge in [0.25, 0.3) is 0 Å². The molecule has 0 aliphatic carbocycles. The molecule has 4 rings (SSSR count). The van der Waals surface area contributed by atoms with Gasteiger partial charge in [-0.1, -0.05) is 24.3 Å². The van der Waals surface area contributed by atoms with Gasteiger partial charge < -0.3 is 14.7 Å². The summed E-state index contributed by atoms with van der Waals surface area (Å²) in [4.78, 5) is 29.6. The normalized spacial score (nSPS) is 22.4. The van der Waals surface area contributed by atoms with Gasteiger partial charge in [0.1, 0.15) is 11.5 Å². The van der Waals surface area contributed by atoms with E-state index in [1.54, 1.807) is 39.0 Å². The minimum absolute atomic E-state index is 0.205. The van der Waals surface area contributed by atoms with Crippen molar-refractivity contribution in [1.29, 1.82) is 5.26 Å². The first-order valence-corrected chi connectivity index (χ1v) is 10.8. The lowest BCUT2D eigenvalue weighted by molar-refractivity contribution is -0.139. The number of benzene rings is 2. The van der Waals surface area contributed by atoms with Crippen LogP contribution >= 0.6 is 0 Å². The van der Waals surface area contributed by atoms with Crippen LogP contribution in [-0.4, -0.2) is 41.4 Å². The summed E-state index contributed by atoms with van der Waals surface area (Å²) in [6.07, 6.45) is 1.05. The summed E-state index contributed by atoms with van der Waals surface area (Å²) >= 11 is 0. The fraction of sp³-hybridized carbons (Fsp3) is 0.400. The number of ether oxygens (including phenoxy) is 1. The molecule has 0 bridgehead atoms. The number of nitrogens with zero attached hydrogens (tertiary/aromatic N) is 3. The molecular formula is C25H27N3O4. The summed E-state index contributed by atoms with van der Waals surface area (Å²) in [6.45, 7) is 6.12. The molecule has 1 fully saturated rings. The highest BCUT2D eigenvalue weighted by Crippen LogP contribution is 2.47. The zero-order chi connectivity index (χ0) is 23.0. The Bertz CT molecular complexity index is 1070. The number of amides is 1. The number of carbonyl (C=O) groups excluding carboxylic acids is 1. The fourth-order valence-electron chi connectivity index (χ4n) is 4.87. The molecule has 3 atom stereocenters. The number of hydrogen-bond donors (Lipinski definition) is 1. The van der Waals surface area contributed by atoms with Crippen LogP contribution in [0.15, 0.2) is 48.5 Å². The van der Waals surface area contributed by atoms with E-state index < -0.39 is 29.6 Å². The van der Waals surface area contributed by atoms with E-state index in [2.05, 4.69) is 11.0 Å². The summed E-state index contributed by atoms with van der Waals surface area (Å²) < 4.78 is 5.70. The number of anilines is 2. The Kier molecular flexibility index (Phi) is 5.55. The van der Waals surface area contributed by atoms with Gasteiger partial charge in [0.2, 0.25) is 0 Å². The molecule has 2 unspecified atom stereocenters. The number of nitriles is 1. The van der Waals surface area contributed by atoms with Crippen molar-refractivity contribution in [2.45, 2.75) is 57.2 Å². The van der Waals surface area contributed by atoms with Gasteiger partial charge in [0, 0.05) is 12.2 Å². The Morgan fingerprint density at radius 1 is 1.16 bits per heavy atom. The van der Waals surface area contributed by atoms with Crippen molar-refractivity contribution in [3.05, 3.63) is 59.7 Å². The molecule has 1 N–H and O–H groups in total. The molecule has 1 amide bonds. The molecule has 0 radical (unpaired) electrons. The van der Waals surface area contributed by atoms with Crippen molar-refractivity contribution in [3.8, 4) is 6.07 Å². The number of carbonyl (C=O) groups is 2. The Morgan fingerprint density at radius 2 is 1.88 bits per heavy atom. The van der Waals surface area contributed by atoms with Crippen LogP contribution in [0.5, 0.6) is 0 Å². The smallest absolute Gasteiger partial charge is 0.415 e. The number of carboxylic acids is 1. The molecule has 2 heterocycles. The highest BCUT2D eigenvalue weighted by atomic mass is 16.6. The first kappa shape index (κ1) is 21.7. The lowest BCUT2D eigenvalue weighted by Gasteiger charge is -2.38. The van der Waals surface area contributed by atoms with E-state index in [1.807, 2.05) is 30.3 Å². The van der Waals surface area contributed by atoms with Crippen LogP contribution in [0.4, 0.5) is 16.2 Å². The van der Waals surface area contributed by atoms with E-state index in [-0.39, 0.29) is 6.04 Å².